The van der Waals surface area contributed by atoms with E-state index in [0.29, 0.717) is 6.04 Å². The first-order chi connectivity index (χ1) is 4.88. The van der Waals surface area contributed by atoms with Crippen molar-refractivity contribution in [3.63, 3.8) is 0 Å². The Morgan fingerprint density at radius 2 is 2.60 bits per heavy atom. The van der Waals surface area contributed by atoms with E-state index < -0.39 is 0 Å². The van der Waals surface area contributed by atoms with Gasteiger partial charge in [0.25, 0.3) is 0 Å². The van der Waals surface area contributed by atoms with Crippen molar-refractivity contribution in [3.05, 3.63) is 0 Å². The number of ether oxygens (including phenoxy) is 1. The maximum absolute atomic E-state index is 5.05. The Morgan fingerprint density at radius 1 is 1.80 bits per heavy atom. The summed E-state index contributed by atoms with van der Waals surface area (Å²) in [6.07, 6.45) is 2.47. The molecule has 0 bridgehead atoms. The normalized spacial score (nSPS) is 25.3. The van der Waals surface area contributed by atoms with Gasteiger partial charge in [-0.2, -0.15) is 0 Å². The SMILES string of the molecule is COC[C@@H]1CCCN1C=S. The summed E-state index contributed by atoms with van der Waals surface area (Å²) in [5, 5.41) is 0. The number of nitrogens with zero attached hydrogens (tertiary/aromatic N) is 1. The Morgan fingerprint density at radius 3 is 3.20 bits per heavy atom. The van der Waals surface area contributed by atoms with Crippen LogP contribution in [-0.4, -0.2) is 36.7 Å². The van der Waals surface area contributed by atoms with Crippen molar-refractivity contribution in [1.29, 1.82) is 0 Å². The molecule has 1 saturated heterocycles. The summed E-state index contributed by atoms with van der Waals surface area (Å²) in [6, 6.07) is 0.544. The van der Waals surface area contributed by atoms with Crippen LogP contribution in [-0.2, 0) is 4.74 Å². The fraction of sp³-hybridized carbons (Fsp3) is 0.857. The third-order valence-corrected chi connectivity index (χ3v) is 2.19. The highest BCUT2D eigenvalue weighted by molar-refractivity contribution is 7.78. The second-order valence-corrected chi connectivity index (χ2v) is 2.81. The van der Waals surface area contributed by atoms with Crippen LogP contribution in [0, 0.1) is 0 Å². The zero-order chi connectivity index (χ0) is 7.40. The van der Waals surface area contributed by atoms with Gasteiger partial charge in [-0.15, -0.1) is 0 Å². The van der Waals surface area contributed by atoms with E-state index in [1.807, 2.05) is 0 Å². The molecule has 1 heterocycles. The van der Waals surface area contributed by atoms with Crippen LogP contribution in [0.4, 0.5) is 0 Å². The highest BCUT2D eigenvalue weighted by atomic mass is 32.1. The lowest BCUT2D eigenvalue weighted by Crippen LogP contribution is -2.30. The molecule has 0 radical (unpaired) electrons. The van der Waals surface area contributed by atoms with Crippen LogP contribution in [0.3, 0.4) is 0 Å². The van der Waals surface area contributed by atoms with E-state index in [4.69, 9.17) is 17.0 Å². The Kier molecular flexibility index (Phi) is 3.09. The molecule has 0 saturated carbocycles. The molecule has 10 heavy (non-hydrogen) atoms. The van der Waals surface area contributed by atoms with E-state index in [9.17, 15) is 0 Å². The van der Waals surface area contributed by atoms with Gasteiger partial charge in [-0.05, 0) is 12.8 Å². The fourth-order valence-electron chi connectivity index (χ4n) is 1.37. The van der Waals surface area contributed by atoms with E-state index in [2.05, 4.69) is 4.90 Å². The van der Waals surface area contributed by atoms with Crippen LogP contribution in [0.2, 0.25) is 0 Å². The standard InChI is InChI=1S/C7H13NOS/c1-9-5-7-3-2-4-8(7)6-10/h6-7H,2-5H2,1H3/t7-/m0/s1. The average molecular weight is 159 g/mol. The first-order valence-corrected chi connectivity index (χ1v) is 4.05. The summed E-state index contributed by atoms with van der Waals surface area (Å²) >= 11 is 4.85. The minimum Gasteiger partial charge on any atom is -0.383 e. The van der Waals surface area contributed by atoms with Crippen LogP contribution < -0.4 is 0 Å². The molecule has 0 N–H and O–H groups in total. The zero-order valence-corrected chi connectivity index (χ0v) is 7.06. The molecule has 1 fully saturated rings. The Balaban J connectivity index is 2.34. The number of likely N-dealkylation sites (tertiary alicyclic amines) is 1. The molecule has 0 aliphatic carbocycles. The van der Waals surface area contributed by atoms with Crippen molar-refractivity contribution in [2.24, 2.45) is 0 Å². The van der Waals surface area contributed by atoms with Crippen molar-refractivity contribution in [1.82, 2.24) is 4.90 Å². The Hall–Kier alpha value is -0.150. The number of hydrogen-bond donors (Lipinski definition) is 0. The second-order valence-electron chi connectivity index (χ2n) is 2.59. The average Bonchev–Trinajstić information content (AvgIpc) is 2.36. The van der Waals surface area contributed by atoms with Crippen molar-refractivity contribution in [2.45, 2.75) is 18.9 Å². The van der Waals surface area contributed by atoms with Crippen molar-refractivity contribution in [2.75, 3.05) is 20.3 Å². The number of hydrogen-bond acceptors (Lipinski definition) is 2. The summed E-state index contributed by atoms with van der Waals surface area (Å²) in [6.45, 7) is 1.92. The maximum Gasteiger partial charge on any atom is 0.0666 e. The quantitative estimate of drug-likeness (QED) is 0.571. The Labute approximate surface area is 67.2 Å². The van der Waals surface area contributed by atoms with Crippen LogP contribution in [0.1, 0.15) is 12.8 Å². The molecular formula is C7H13NOS. The molecule has 3 heteroatoms. The molecule has 0 spiro atoms. The molecule has 0 aromatic heterocycles. The predicted octanol–water partition coefficient (Wildman–Crippen LogP) is 1.05. The molecule has 0 amide bonds. The minimum absolute atomic E-state index is 0.544. The lowest BCUT2D eigenvalue weighted by atomic mass is 10.2. The van der Waals surface area contributed by atoms with Gasteiger partial charge in [-0.25, -0.2) is 0 Å². The lowest BCUT2D eigenvalue weighted by Gasteiger charge is -2.19. The second kappa shape index (κ2) is 3.88. The maximum atomic E-state index is 5.05. The van der Waals surface area contributed by atoms with E-state index >= 15 is 0 Å². The molecular weight excluding hydrogens is 146 g/mol. The van der Waals surface area contributed by atoms with Crippen LogP contribution in [0.15, 0.2) is 0 Å². The predicted molar refractivity (Wildman–Crippen MR) is 45.3 cm³/mol. The molecule has 1 rings (SSSR count). The molecule has 0 aromatic rings. The van der Waals surface area contributed by atoms with Gasteiger partial charge in [0.15, 0.2) is 0 Å². The zero-order valence-electron chi connectivity index (χ0n) is 6.25. The third kappa shape index (κ3) is 1.67. The first kappa shape index (κ1) is 7.95. The van der Waals surface area contributed by atoms with Crippen LogP contribution in [0.5, 0.6) is 0 Å². The van der Waals surface area contributed by atoms with Gasteiger partial charge in [0.05, 0.1) is 18.1 Å². The summed E-state index contributed by atoms with van der Waals surface area (Å²) in [4.78, 5) is 2.18. The highest BCUT2D eigenvalue weighted by Gasteiger charge is 2.20. The molecule has 0 unspecified atom stereocenters. The summed E-state index contributed by atoms with van der Waals surface area (Å²) in [5.74, 6) is 0. The molecule has 1 aliphatic heterocycles. The molecule has 1 atom stereocenters. The van der Waals surface area contributed by atoms with Gasteiger partial charge >= 0.3 is 0 Å². The van der Waals surface area contributed by atoms with E-state index in [0.717, 1.165) is 13.2 Å². The summed E-state index contributed by atoms with van der Waals surface area (Å²) < 4.78 is 5.05. The van der Waals surface area contributed by atoms with Gasteiger partial charge < -0.3 is 9.64 Å². The van der Waals surface area contributed by atoms with Crippen LogP contribution in [0.25, 0.3) is 0 Å². The van der Waals surface area contributed by atoms with Crippen molar-refractivity contribution in [3.8, 4) is 0 Å². The highest BCUT2D eigenvalue weighted by Crippen LogP contribution is 2.14. The third-order valence-electron chi connectivity index (χ3n) is 1.92. The number of methoxy groups -OCH3 is 1. The topological polar surface area (TPSA) is 12.5 Å². The number of rotatable bonds is 3. The van der Waals surface area contributed by atoms with Crippen LogP contribution >= 0.6 is 12.2 Å². The lowest BCUT2D eigenvalue weighted by molar-refractivity contribution is 0.148. The van der Waals surface area contributed by atoms with Crippen molar-refractivity contribution < 1.29 is 4.74 Å². The Bertz CT molecular complexity index is 118. The van der Waals surface area contributed by atoms with Gasteiger partial charge in [-0.3, -0.25) is 0 Å². The fourth-order valence-corrected chi connectivity index (χ4v) is 1.65. The van der Waals surface area contributed by atoms with E-state index in [1.165, 1.54) is 12.8 Å². The first-order valence-electron chi connectivity index (χ1n) is 3.58. The van der Waals surface area contributed by atoms with Gasteiger partial charge in [0.2, 0.25) is 0 Å². The van der Waals surface area contributed by atoms with E-state index in [-0.39, 0.29) is 0 Å². The molecule has 2 nitrogen and oxygen atoms in total. The van der Waals surface area contributed by atoms with Gasteiger partial charge in [0.1, 0.15) is 0 Å². The molecule has 1 aliphatic rings. The van der Waals surface area contributed by atoms with E-state index in [1.54, 1.807) is 12.6 Å². The number of thiocarbonyl (C=S) groups is 1. The van der Waals surface area contributed by atoms with Gasteiger partial charge in [0, 0.05) is 13.7 Å². The monoisotopic (exact) mass is 159 g/mol. The summed E-state index contributed by atoms with van der Waals surface area (Å²) in [5.41, 5.74) is 1.75. The largest absolute Gasteiger partial charge is 0.383 e. The minimum atomic E-state index is 0.544. The van der Waals surface area contributed by atoms with Crippen molar-refractivity contribution >= 4 is 17.7 Å². The summed E-state index contributed by atoms with van der Waals surface area (Å²) in [7, 11) is 1.74. The smallest absolute Gasteiger partial charge is 0.0666 e. The van der Waals surface area contributed by atoms with Gasteiger partial charge in [-0.1, -0.05) is 12.2 Å². The molecule has 0 aromatic carbocycles. The molecule has 58 valence electrons.